The summed E-state index contributed by atoms with van der Waals surface area (Å²) < 4.78 is 0. The summed E-state index contributed by atoms with van der Waals surface area (Å²) in [6, 6.07) is 7.42. The summed E-state index contributed by atoms with van der Waals surface area (Å²) >= 11 is 1.53. The van der Waals surface area contributed by atoms with Gasteiger partial charge in [0.15, 0.2) is 0 Å². The Labute approximate surface area is 117 Å². The first-order valence-electron chi connectivity index (χ1n) is 6.20. The average molecular weight is 281 g/mol. The van der Waals surface area contributed by atoms with Crippen LogP contribution in [0, 0.1) is 0 Å². The van der Waals surface area contributed by atoms with Gasteiger partial charge < -0.3 is 10.4 Å². The number of carboxylic acid groups (broad SMARTS) is 1. The van der Waals surface area contributed by atoms with Crippen molar-refractivity contribution in [3.05, 3.63) is 29.8 Å². The molecule has 0 aromatic heterocycles. The van der Waals surface area contributed by atoms with E-state index < -0.39 is 5.97 Å². The largest absolute Gasteiger partial charge is 0.481 e. The molecule has 0 bridgehead atoms. The van der Waals surface area contributed by atoms with Gasteiger partial charge in [-0.3, -0.25) is 9.59 Å². The molecule has 104 valence electrons. The van der Waals surface area contributed by atoms with Crippen LogP contribution in [-0.4, -0.2) is 29.3 Å². The fourth-order valence-corrected chi connectivity index (χ4v) is 2.36. The lowest BCUT2D eigenvalue weighted by molar-refractivity contribution is -0.137. The van der Waals surface area contributed by atoms with Gasteiger partial charge in [-0.15, -0.1) is 11.8 Å². The quantitative estimate of drug-likeness (QED) is 0.754. The molecule has 1 aromatic carbocycles. The molecular formula is C14H19NO3S. The first kappa shape index (κ1) is 15.6. The molecule has 4 nitrogen and oxygen atoms in total. The number of aliphatic carboxylic acids is 1. The van der Waals surface area contributed by atoms with Crippen molar-refractivity contribution in [2.75, 3.05) is 6.26 Å². The van der Waals surface area contributed by atoms with E-state index in [1.807, 2.05) is 31.4 Å². The first-order valence-corrected chi connectivity index (χ1v) is 7.42. The molecule has 1 atom stereocenters. The zero-order valence-electron chi connectivity index (χ0n) is 11.2. The van der Waals surface area contributed by atoms with E-state index in [1.165, 1.54) is 11.8 Å². The highest BCUT2D eigenvalue weighted by Gasteiger charge is 2.13. The van der Waals surface area contributed by atoms with Crippen molar-refractivity contribution in [1.29, 1.82) is 0 Å². The molecule has 0 saturated heterocycles. The van der Waals surface area contributed by atoms with Gasteiger partial charge in [0, 0.05) is 17.4 Å². The molecule has 1 unspecified atom stereocenters. The molecule has 0 spiro atoms. The van der Waals surface area contributed by atoms with Crippen LogP contribution in [0.1, 0.15) is 36.5 Å². The maximum Gasteiger partial charge on any atom is 0.303 e. The van der Waals surface area contributed by atoms with Gasteiger partial charge in [-0.1, -0.05) is 12.1 Å². The van der Waals surface area contributed by atoms with Crippen LogP contribution in [0.4, 0.5) is 0 Å². The summed E-state index contributed by atoms with van der Waals surface area (Å²) in [5.41, 5.74) is 0.667. The Bertz CT molecular complexity index is 448. The standard InChI is InChI=1S/C14H19NO3S/c1-10(6-5-9-13(16)17)15-14(18)11-7-3-4-8-12(11)19-2/h3-4,7-8,10H,5-6,9H2,1-2H3,(H,15,18)(H,16,17). The molecule has 0 heterocycles. The summed E-state index contributed by atoms with van der Waals surface area (Å²) in [7, 11) is 0. The Balaban J connectivity index is 2.52. The fourth-order valence-electron chi connectivity index (χ4n) is 1.77. The molecule has 1 aromatic rings. The van der Waals surface area contributed by atoms with Crippen molar-refractivity contribution >= 4 is 23.6 Å². The summed E-state index contributed by atoms with van der Waals surface area (Å²) in [5, 5.41) is 11.5. The van der Waals surface area contributed by atoms with Crippen molar-refractivity contribution in [2.45, 2.75) is 37.1 Å². The second kappa shape index (κ2) is 7.84. The number of benzene rings is 1. The Morgan fingerprint density at radius 3 is 2.68 bits per heavy atom. The van der Waals surface area contributed by atoms with Gasteiger partial charge in [0.2, 0.25) is 0 Å². The van der Waals surface area contributed by atoms with Crippen LogP contribution < -0.4 is 5.32 Å². The first-order chi connectivity index (χ1) is 9.04. The molecule has 0 aliphatic heterocycles. The van der Waals surface area contributed by atoms with Gasteiger partial charge in [-0.05, 0) is 38.2 Å². The van der Waals surface area contributed by atoms with Gasteiger partial charge >= 0.3 is 5.97 Å². The number of hydrogen-bond donors (Lipinski definition) is 2. The smallest absolute Gasteiger partial charge is 0.303 e. The van der Waals surface area contributed by atoms with Gasteiger partial charge in [-0.2, -0.15) is 0 Å². The SMILES string of the molecule is CSc1ccccc1C(=O)NC(C)CCCC(=O)O. The summed E-state index contributed by atoms with van der Waals surface area (Å²) in [4.78, 5) is 23.5. The van der Waals surface area contributed by atoms with E-state index in [-0.39, 0.29) is 18.4 Å². The van der Waals surface area contributed by atoms with Crippen LogP contribution in [0.3, 0.4) is 0 Å². The third-order valence-electron chi connectivity index (χ3n) is 2.76. The van der Waals surface area contributed by atoms with Crippen LogP contribution in [0.5, 0.6) is 0 Å². The second-order valence-corrected chi connectivity index (χ2v) is 5.21. The third-order valence-corrected chi connectivity index (χ3v) is 3.55. The topological polar surface area (TPSA) is 66.4 Å². The Morgan fingerprint density at radius 2 is 2.05 bits per heavy atom. The number of carbonyl (C=O) groups is 2. The number of amides is 1. The molecule has 0 aliphatic carbocycles. The second-order valence-electron chi connectivity index (χ2n) is 4.36. The fraction of sp³-hybridized carbons (Fsp3) is 0.429. The van der Waals surface area contributed by atoms with E-state index in [0.29, 0.717) is 18.4 Å². The molecule has 0 aliphatic rings. The summed E-state index contributed by atoms with van der Waals surface area (Å²) in [5.74, 6) is -0.904. The van der Waals surface area contributed by atoms with Gasteiger partial charge in [0.25, 0.3) is 5.91 Å². The van der Waals surface area contributed by atoms with E-state index in [0.717, 1.165) is 4.90 Å². The van der Waals surface area contributed by atoms with Crippen LogP contribution in [0.2, 0.25) is 0 Å². The highest BCUT2D eigenvalue weighted by atomic mass is 32.2. The van der Waals surface area contributed by atoms with E-state index >= 15 is 0 Å². The Morgan fingerprint density at radius 1 is 1.37 bits per heavy atom. The number of carboxylic acids is 1. The minimum absolute atomic E-state index is 0.0261. The molecule has 0 saturated carbocycles. The van der Waals surface area contributed by atoms with Crippen molar-refractivity contribution in [3.8, 4) is 0 Å². The molecule has 2 N–H and O–H groups in total. The molecule has 1 amide bonds. The minimum Gasteiger partial charge on any atom is -0.481 e. The predicted molar refractivity (Wildman–Crippen MR) is 76.6 cm³/mol. The summed E-state index contributed by atoms with van der Waals surface area (Å²) in [6.07, 6.45) is 3.31. The Hall–Kier alpha value is -1.49. The van der Waals surface area contributed by atoms with Crippen LogP contribution in [0.15, 0.2) is 29.2 Å². The molecular weight excluding hydrogens is 262 g/mol. The lowest BCUT2D eigenvalue weighted by Crippen LogP contribution is -2.32. The number of hydrogen-bond acceptors (Lipinski definition) is 3. The third kappa shape index (κ3) is 5.34. The van der Waals surface area contributed by atoms with E-state index in [2.05, 4.69) is 5.32 Å². The van der Waals surface area contributed by atoms with Crippen LogP contribution in [-0.2, 0) is 4.79 Å². The highest BCUT2D eigenvalue weighted by Crippen LogP contribution is 2.19. The monoisotopic (exact) mass is 281 g/mol. The van der Waals surface area contributed by atoms with Crippen molar-refractivity contribution in [2.24, 2.45) is 0 Å². The zero-order valence-corrected chi connectivity index (χ0v) is 12.0. The van der Waals surface area contributed by atoms with E-state index in [1.54, 1.807) is 6.07 Å². The van der Waals surface area contributed by atoms with Gasteiger partial charge in [0.05, 0.1) is 5.56 Å². The van der Waals surface area contributed by atoms with Gasteiger partial charge in [0.1, 0.15) is 0 Å². The van der Waals surface area contributed by atoms with Crippen molar-refractivity contribution in [3.63, 3.8) is 0 Å². The number of carbonyl (C=O) groups excluding carboxylic acids is 1. The normalized spacial score (nSPS) is 11.9. The van der Waals surface area contributed by atoms with Gasteiger partial charge in [-0.25, -0.2) is 0 Å². The number of thioether (sulfide) groups is 1. The zero-order chi connectivity index (χ0) is 14.3. The lowest BCUT2D eigenvalue weighted by Gasteiger charge is -2.14. The Kier molecular flexibility index (Phi) is 6.42. The molecule has 5 heteroatoms. The number of rotatable bonds is 7. The van der Waals surface area contributed by atoms with E-state index in [4.69, 9.17) is 5.11 Å². The number of nitrogens with one attached hydrogen (secondary N) is 1. The minimum atomic E-state index is -0.800. The summed E-state index contributed by atoms with van der Waals surface area (Å²) in [6.45, 7) is 1.89. The maximum atomic E-state index is 12.1. The predicted octanol–water partition coefficient (Wildman–Crippen LogP) is 2.78. The van der Waals surface area contributed by atoms with Crippen LogP contribution in [0.25, 0.3) is 0 Å². The van der Waals surface area contributed by atoms with Crippen molar-refractivity contribution in [1.82, 2.24) is 5.32 Å². The maximum absolute atomic E-state index is 12.1. The van der Waals surface area contributed by atoms with Crippen molar-refractivity contribution < 1.29 is 14.7 Å². The van der Waals surface area contributed by atoms with Crippen LogP contribution >= 0.6 is 11.8 Å². The molecule has 0 radical (unpaired) electrons. The molecule has 1 rings (SSSR count). The molecule has 19 heavy (non-hydrogen) atoms. The lowest BCUT2D eigenvalue weighted by atomic mass is 10.1. The molecule has 0 fully saturated rings. The highest BCUT2D eigenvalue weighted by molar-refractivity contribution is 7.98. The van der Waals surface area contributed by atoms with E-state index in [9.17, 15) is 9.59 Å². The average Bonchev–Trinajstić information content (AvgIpc) is 2.38.